The van der Waals surface area contributed by atoms with Gasteiger partial charge in [0.2, 0.25) is 0 Å². The predicted octanol–water partition coefficient (Wildman–Crippen LogP) is 3.01. The molecule has 0 aliphatic heterocycles. The van der Waals surface area contributed by atoms with Gasteiger partial charge in [-0.3, -0.25) is 14.6 Å². The topological polar surface area (TPSA) is 139 Å². The van der Waals surface area contributed by atoms with Crippen molar-refractivity contribution in [3.63, 3.8) is 0 Å². The molecule has 2 aliphatic rings. The molecule has 9 nitrogen and oxygen atoms in total. The molecule has 9 heteroatoms. The van der Waals surface area contributed by atoms with E-state index in [-0.39, 0.29) is 23.3 Å². The number of phenolic OH excluding ortho intramolecular Hbond substituents is 1. The first-order chi connectivity index (χ1) is 19.5. The Morgan fingerprint density at radius 2 is 1.90 bits per heavy atom. The monoisotopic (exact) mass is 558 g/mol. The summed E-state index contributed by atoms with van der Waals surface area (Å²) < 4.78 is 0. The lowest BCUT2D eigenvalue weighted by Crippen LogP contribution is -2.67. The first-order valence-electron chi connectivity index (χ1n) is 14.1. The van der Waals surface area contributed by atoms with Gasteiger partial charge in [0.05, 0.1) is 16.7 Å². The van der Waals surface area contributed by atoms with E-state index < -0.39 is 22.3 Å². The Hall–Kier alpha value is -3.95. The van der Waals surface area contributed by atoms with E-state index >= 15 is 0 Å². The molecular weight excluding hydrogens is 520 g/mol. The standard InChI is InChI=1S/C32H38N4O5/c1-5-31-17-19(2)12-14-32(31,41)25(36(3)4)16-22-10-11-23(27(37)26(22)31)28(38)33-15-13-20-6-8-21(9-7-20)24-18-34-30(40)35-29(24)39/h6-11,18,25,37,41H,2,5,12-17H2,1,3-4H3,(H,33,38)(H2,34,35,39,40)/t25-,31-,32-/m1/s1. The van der Waals surface area contributed by atoms with Crippen LogP contribution >= 0.6 is 0 Å². The Kier molecular flexibility index (Phi) is 7.52. The van der Waals surface area contributed by atoms with Crippen molar-refractivity contribution in [1.29, 1.82) is 0 Å². The van der Waals surface area contributed by atoms with Gasteiger partial charge in [-0.15, -0.1) is 0 Å². The van der Waals surface area contributed by atoms with E-state index in [2.05, 4.69) is 26.8 Å². The number of allylic oxidation sites excluding steroid dienone is 1. The van der Waals surface area contributed by atoms with Crippen molar-refractivity contribution in [3.8, 4) is 16.9 Å². The van der Waals surface area contributed by atoms with Gasteiger partial charge in [0, 0.05) is 29.8 Å². The minimum atomic E-state index is -1.06. The highest BCUT2D eigenvalue weighted by atomic mass is 16.3. The van der Waals surface area contributed by atoms with Crippen LogP contribution in [0.4, 0.5) is 0 Å². The molecule has 2 aliphatic carbocycles. The maximum atomic E-state index is 13.3. The summed E-state index contributed by atoms with van der Waals surface area (Å²) in [6.07, 6.45) is 4.99. The van der Waals surface area contributed by atoms with Crippen molar-refractivity contribution in [1.82, 2.24) is 20.2 Å². The number of aromatic nitrogens is 2. The third-order valence-corrected chi connectivity index (χ3v) is 9.20. The second-order valence-corrected chi connectivity index (χ2v) is 11.7. The molecule has 0 radical (unpaired) electrons. The van der Waals surface area contributed by atoms with E-state index in [9.17, 15) is 24.6 Å². The van der Waals surface area contributed by atoms with Crippen LogP contribution in [0.2, 0.25) is 0 Å². The molecular formula is C32H38N4O5. The molecule has 2 aromatic carbocycles. The average molecular weight is 559 g/mol. The fourth-order valence-corrected chi connectivity index (χ4v) is 7.07. The number of likely N-dealkylation sites (N-methyl/N-ethyl adjacent to an activating group) is 1. The quantitative estimate of drug-likeness (QED) is 0.283. The second kappa shape index (κ2) is 10.8. The zero-order valence-corrected chi connectivity index (χ0v) is 23.8. The highest BCUT2D eigenvalue weighted by Gasteiger charge is 2.61. The molecule has 1 fully saturated rings. The molecule has 0 saturated heterocycles. The van der Waals surface area contributed by atoms with Crippen LogP contribution in [0, 0.1) is 0 Å². The van der Waals surface area contributed by atoms with E-state index in [1.54, 1.807) is 18.2 Å². The van der Waals surface area contributed by atoms with Gasteiger partial charge < -0.3 is 25.4 Å². The minimum Gasteiger partial charge on any atom is -0.507 e. The Bertz CT molecular complexity index is 1610. The van der Waals surface area contributed by atoms with Crippen molar-refractivity contribution >= 4 is 5.91 Å². The largest absolute Gasteiger partial charge is 0.507 e. The summed E-state index contributed by atoms with van der Waals surface area (Å²) in [6, 6.07) is 10.8. The molecule has 5 rings (SSSR count). The van der Waals surface area contributed by atoms with Crippen molar-refractivity contribution in [3.05, 3.63) is 97.8 Å². The number of aromatic amines is 2. The van der Waals surface area contributed by atoms with Gasteiger partial charge >= 0.3 is 5.69 Å². The number of phenols is 1. The molecule has 1 saturated carbocycles. The first kappa shape index (κ1) is 28.6. The summed E-state index contributed by atoms with van der Waals surface area (Å²) in [5.41, 5.74) is 2.06. The summed E-state index contributed by atoms with van der Waals surface area (Å²) in [5.74, 6) is -0.427. The smallest absolute Gasteiger partial charge is 0.325 e. The fraction of sp³-hybridized carbons (Fsp3) is 0.406. The van der Waals surface area contributed by atoms with Crippen LogP contribution in [0.15, 0.2) is 64.3 Å². The van der Waals surface area contributed by atoms with Crippen molar-refractivity contribution in [2.45, 2.75) is 62.5 Å². The van der Waals surface area contributed by atoms with Gasteiger partial charge in [0.25, 0.3) is 11.5 Å². The number of carbonyl (C=O) groups is 1. The molecule has 3 atom stereocenters. The molecule has 0 unspecified atom stereocenters. The third kappa shape index (κ3) is 4.83. The van der Waals surface area contributed by atoms with E-state index in [4.69, 9.17) is 0 Å². The fourth-order valence-electron chi connectivity index (χ4n) is 7.07. The Morgan fingerprint density at radius 1 is 1.17 bits per heavy atom. The zero-order chi connectivity index (χ0) is 29.5. The number of carbonyl (C=O) groups excluding carboxylic acids is 1. The number of H-pyrrole nitrogens is 2. The van der Waals surface area contributed by atoms with Crippen LogP contribution < -0.4 is 16.6 Å². The van der Waals surface area contributed by atoms with Crippen LogP contribution in [0.1, 0.15) is 59.7 Å². The van der Waals surface area contributed by atoms with Crippen LogP contribution in [0.3, 0.4) is 0 Å². The predicted molar refractivity (Wildman–Crippen MR) is 158 cm³/mol. The average Bonchev–Trinajstić information content (AvgIpc) is 2.93. The van der Waals surface area contributed by atoms with E-state index in [0.29, 0.717) is 55.3 Å². The lowest BCUT2D eigenvalue weighted by Gasteiger charge is -2.59. The summed E-state index contributed by atoms with van der Waals surface area (Å²) in [4.78, 5) is 43.4. The summed E-state index contributed by atoms with van der Waals surface area (Å²) in [5, 5.41) is 26.8. The summed E-state index contributed by atoms with van der Waals surface area (Å²) in [6.45, 7) is 6.62. The third-order valence-electron chi connectivity index (χ3n) is 9.20. The number of fused-ring (bicyclic) bond motifs is 3. The molecule has 0 spiro atoms. The molecule has 216 valence electrons. The number of nitrogens with zero attached hydrogens (tertiary/aromatic N) is 1. The molecule has 41 heavy (non-hydrogen) atoms. The number of hydrogen-bond acceptors (Lipinski definition) is 6. The Labute approximate surface area is 239 Å². The van der Waals surface area contributed by atoms with Gasteiger partial charge in [-0.2, -0.15) is 0 Å². The first-order valence-corrected chi connectivity index (χ1v) is 14.1. The molecule has 0 bridgehead atoms. The number of aliphatic hydroxyl groups is 1. The highest BCUT2D eigenvalue weighted by Crippen LogP contribution is 2.58. The molecule has 5 N–H and O–H groups in total. The van der Waals surface area contributed by atoms with Gasteiger partial charge in [0.1, 0.15) is 5.75 Å². The van der Waals surface area contributed by atoms with Gasteiger partial charge in [0.15, 0.2) is 0 Å². The van der Waals surface area contributed by atoms with Crippen LogP contribution in [0.5, 0.6) is 5.75 Å². The molecule has 1 amide bonds. The maximum Gasteiger partial charge on any atom is 0.325 e. The lowest BCUT2D eigenvalue weighted by molar-refractivity contribution is -0.121. The van der Waals surface area contributed by atoms with Gasteiger partial charge in [-0.25, -0.2) is 4.79 Å². The number of benzene rings is 2. The molecule has 1 heterocycles. The summed E-state index contributed by atoms with van der Waals surface area (Å²) >= 11 is 0. The van der Waals surface area contributed by atoms with Crippen molar-refractivity contribution in [2.75, 3.05) is 20.6 Å². The minimum absolute atomic E-state index is 0.0531. The van der Waals surface area contributed by atoms with E-state index in [1.807, 2.05) is 39.2 Å². The van der Waals surface area contributed by atoms with E-state index in [0.717, 1.165) is 23.1 Å². The zero-order valence-electron chi connectivity index (χ0n) is 23.8. The molecule has 3 aromatic rings. The number of rotatable bonds is 7. The Balaban J connectivity index is 1.36. The number of nitrogens with one attached hydrogen (secondary N) is 3. The van der Waals surface area contributed by atoms with Crippen LogP contribution in [-0.4, -0.2) is 63.3 Å². The highest BCUT2D eigenvalue weighted by molar-refractivity contribution is 5.97. The van der Waals surface area contributed by atoms with Crippen molar-refractivity contribution < 1.29 is 15.0 Å². The molecule has 1 aromatic heterocycles. The Morgan fingerprint density at radius 3 is 2.56 bits per heavy atom. The van der Waals surface area contributed by atoms with Crippen LogP contribution in [-0.2, 0) is 18.3 Å². The van der Waals surface area contributed by atoms with Gasteiger partial charge in [-0.1, -0.05) is 49.4 Å². The lowest BCUT2D eigenvalue weighted by atomic mass is 9.50. The van der Waals surface area contributed by atoms with Crippen LogP contribution in [0.25, 0.3) is 11.1 Å². The van der Waals surface area contributed by atoms with E-state index in [1.165, 1.54) is 6.20 Å². The number of hydrogen-bond donors (Lipinski definition) is 5. The second-order valence-electron chi connectivity index (χ2n) is 11.7. The maximum absolute atomic E-state index is 13.3. The van der Waals surface area contributed by atoms with Gasteiger partial charge in [-0.05, 0) is 75.4 Å². The number of aromatic hydroxyl groups is 1. The van der Waals surface area contributed by atoms with Crippen molar-refractivity contribution in [2.24, 2.45) is 0 Å². The normalized spacial score (nSPS) is 23.6. The summed E-state index contributed by atoms with van der Waals surface area (Å²) in [7, 11) is 3.96. The SMILES string of the molecule is C=C1CC[C@@]2(O)[C@H](N(C)C)Cc3ccc(C(=O)NCCc4ccc(-c5c[nH]c(=O)[nH]c5=O)cc4)c(O)c3[C@@]2(CC)C1. The number of amides is 1.